The van der Waals surface area contributed by atoms with Crippen LogP contribution in [0, 0.1) is 5.82 Å². The van der Waals surface area contributed by atoms with Crippen LogP contribution >= 0.6 is 0 Å². The summed E-state index contributed by atoms with van der Waals surface area (Å²) < 4.78 is 55.5. The third-order valence-electron chi connectivity index (χ3n) is 2.77. The predicted octanol–water partition coefficient (Wildman–Crippen LogP) is 3.69. The third-order valence-corrected chi connectivity index (χ3v) is 2.77. The van der Waals surface area contributed by atoms with E-state index in [1.54, 1.807) is 0 Å². The first kappa shape index (κ1) is 15.0. The Kier molecular flexibility index (Phi) is 3.93. The molecule has 0 bridgehead atoms. The largest absolute Gasteiger partial charge is 0.465 e. The summed E-state index contributed by atoms with van der Waals surface area (Å²) in [5, 5.41) is 0. The van der Waals surface area contributed by atoms with Gasteiger partial charge in [0.15, 0.2) is 0 Å². The number of halogens is 4. The molecule has 21 heavy (non-hydrogen) atoms. The maximum absolute atomic E-state index is 13.5. The van der Waals surface area contributed by atoms with E-state index in [1.165, 1.54) is 25.6 Å². The van der Waals surface area contributed by atoms with Crippen molar-refractivity contribution in [1.82, 2.24) is 4.98 Å². The van der Waals surface area contributed by atoms with Crippen LogP contribution in [0.4, 0.5) is 17.6 Å². The van der Waals surface area contributed by atoms with Crippen molar-refractivity contribution in [3.8, 4) is 11.1 Å². The Hall–Kier alpha value is -2.44. The monoisotopic (exact) mass is 299 g/mol. The summed E-state index contributed by atoms with van der Waals surface area (Å²) in [7, 11) is 1.19. The first-order valence-electron chi connectivity index (χ1n) is 5.73. The van der Waals surface area contributed by atoms with Crippen molar-refractivity contribution in [1.29, 1.82) is 0 Å². The predicted molar refractivity (Wildman–Crippen MR) is 66.0 cm³/mol. The highest BCUT2D eigenvalue weighted by atomic mass is 19.4. The Bertz CT molecular complexity index is 683. The molecule has 0 N–H and O–H groups in total. The van der Waals surface area contributed by atoms with Gasteiger partial charge in [0.2, 0.25) is 0 Å². The third kappa shape index (κ3) is 3.18. The van der Waals surface area contributed by atoms with Crippen LogP contribution in [0.25, 0.3) is 11.1 Å². The van der Waals surface area contributed by atoms with E-state index in [0.717, 1.165) is 12.1 Å². The van der Waals surface area contributed by atoms with Crippen molar-refractivity contribution in [3.05, 3.63) is 53.6 Å². The van der Waals surface area contributed by atoms with E-state index in [2.05, 4.69) is 9.72 Å². The van der Waals surface area contributed by atoms with Gasteiger partial charge in [-0.05, 0) is 23.8 Å². The SMILES string of the molecule is COC(=O)c1cncc(-c2ccc(C(F)(F)F)c(F)c2)c1. The Morgan fingerprint density at radius 2 is 1.86 bits per heavy atom. The van der Waals surface area contributed by atoms with Crippen molar-refractivity contribution in [2.45, 2.75) is 6.18 Å². The molecule has 0 aliphatic heterocycles. The van der Waals surface area contributed by atoms with Crippen molar-refractivity contribution < 1.29 is 27.1 Å². The number of pyridine rings is 1. The molecule has 2 rings (SSSR count). The van der Waals surface area contributed by atoms with Crippen LogP contribution < -0.4 is 0 Å². The molecule has 1 heterocycles. The van der Waals surface area contributed by atoms with Crippen molar-refractivity contribution in [3.63, 3.8) is 0 Å². The van der Waals surface area contributed by atoms with Gasteiger partial charge in [0, 0.05) is 18.0 Å². The lowest BCUT2D eigenvalue weighted by Crippen LogP contribution is -2.08. The summed E-state index contributed by atoms with van der Waals surface area (Å²) in [6.07, 6.45) is -2.20. The van der Waals surface area contributed by atoms with E-state index < -0.39 is 23.5 Å². The maximum atomic E-state index is 13.5. The van der Waals surface area contributed by atoms with Crippen LogP contribution in [0.5, 0.6) is 0 Å². The molecule has 0 saturated heterocycles. The molecule has 2 aromatic rings. The molecule has 0 saturated carbocycles. The van der Waals surface area contributed by atoms with Gasteiger partial charge in [-0.2, -0.15) is 13.2 Å². The standard InChI is InChI=1S/C14H9F4NO2/c1-21-13(20)10-4-9(6-19-7-10)8-2-3-11(12(15)5-8)14(16,17)18/h2-7H,1H3. The summed E-state index contributed by atoms with van der Waals surface area (Å²) in [4.78, 5) is 15.1. The van der Waals surface area contributed by atoms with Crippen LogP contribution in [0.3, 0.4) is 0 Å². The van der Waals surface area contributed by atoms with E-state index in [9.17, 15) is 22.4 Å². The number of alkyl halides is 3. The van der Waals surface area contributed by atoms with Gasteiger partial charge in [-0.1, -0.05) is 6.07 Å². The molecule has 1 aromatic carbocycles. The van der Waals surface area contributed by atoms with Crippen LogP contribution in [0.2, 0.25) is 0 Å². The first-order valence-corrected chi connectivity index (χ1v) is 5.73. The Balaban J connectivity index is 2.44. The minimum Gasteiger partial charge on any atom is -0.465 e. The second-order valence-electron chi connectivity index (χ2n) is 4.15. The van der Waals surface area contributed by atoms with E-state index in [0.29, 0.717) is 11.6 Å². The van der Waals surface area contributed by atoms with Gasteiger partial charge in [0.1, 0.15) is 5.82 Å². The molecule has 0 radical (unpaired) electrons. The van der Waals surface area contributed by atoms with Crippen LogP contribution in [0.15, 0.2) is 36.7 Å². The lowest BCUT2D eigenvalue weighted by atomic mass is 10.0. The Morgan fingerprint density at radius 3 is 2.43 bits per heavy atom. The van der Waals surface area contributed by atoms with E-state index in [-0.39, 0.29) is 11.1 Å². The Labute approximate surface area is 117 Å². The van der Waals surface area contributed by atoms with E-state index in [1.807, 2.05) is 0 Å². The van der Waals surface area contributed by atoms with Crippen molar-refractivity contribution >= 4 is 5.97 Å². The lowest BCUT2D eigenvalue weighted by Gasteiger charge is -2.09. The molecule has 1 aromatic heterocycles. The maximum Gasteiger partial charge on any atom is 0.419 e. The molecule has 0 unspecified atom stereocenters. The number of esters is 1. The molecule has 0 spiro atoms. The fraction of sp³-hybridized carbons (Fsp3) is 0.143. The minimum atomic E-state index is -4.76. The van der Waals surface area contributed by atoms with Crippen LogP contribution in [-0.4, -0.2) is 18.1 Å². The number of hydrogen-bond donors (Lipinski definition) is 0. The number of aromatic nitrogens is 1. The van der Waals surface area contributed by atoms with Gasteiger partial charge in [-0.25, -0.2) is 9.18 Å². The smallest absolute Gasteiger partial charge is 0.419 e. The molecule has 7 heteroatoms. The van der Waals surface area contributed by atoms with Crippen LogP contribution in [-0.2, 0) is 10.9 Å². The highest BCUT2D eigenvalue weighted by Gasteiger charge is 2.33. The topological polar surface area (TPSA) is 39.2 Å². The number of nitrogens with zero attached hydrogens (tertiary/aromatic N) is 1. The summed E-state index contributed by atoms with van der Waals surface area (Å²) in [5.74, 6) is -2.03. The second-order valence-corrected chi connectivity index (χ2v) is 4.15. The number of benzene rings is 1. The number of rotatable bonds is 2. The summed E-state index contributed by atoms with van der Waals surface area (Å²) in [6, 6.07) is 3.88. The fourth-order valence-electron chi connectivity index (χ4n) is 1.75. The van der Waals surface area contributed by atoms with Crippen molar-refractivity contribution in [2.24, 2.45) is 0 Å². The minimum absolute atomic E-state index is 0.121. The molecule has 0 aliphatic rings. The average Bonchev–Trinajstić information content (AvgIpc) is 2.45. The average molecular weight is 299 g/mol. The number of ether oxygens (including phenoxy) is 1. The number of carbonyl (C=O) groups is 1. The molecule has 0 fully saturated rings. The molecule has 3 nitrogen and oxygen atoms in total. The first-order chi connectivity index (χ1) is 9.82. The van der Waals surface area contributed by atoms with Gasteiger partial charge in [0.25, 0.3) is 0 Å². The number of methoxy groups -OCH3 is 1. The zero-order chi connectivity index (χ0) is 15.6. The van der Waals surface area contributed by atoms with Gasteiger partial charge >= 0.3 is 12.1 Å². The molecular weight excluding hydrogens is 290 g/mol. The normalized spacial score (nSPS) is 11.3. The van der Waals surface area contributed by atoms with Gasteiger partial charge in [-0.3, -0.25) is 4.98 Å². The van der Waals surface area contributed by atoms with Gasteiger partial charge in [-0.15, -0.1) is 0 Å². The van der Waals surface area contributed by atoms with E-state index in [4.69, 9.17) is 0 Å². The zero-order valence-electron chi connectivity index (χ0n) is 10.7. The molecule has 110 valence electrons. The fourth-order valence-corrected chi connectivity index (χ4v) is 1.75. The Morgan fingerprint density at radius 1 is 1.14 bits per heavy atom. The van der Waals surface area contributed by atoms with Gasteiger partial charge < -0.3 is 4.74 Å². The molecular formula is C14H9F4NO2. The molecule has 0 atom stereocenters. The second kappa shape index (κ2) is 5.51. The van der Waals surface area contributed by atoms with Crippen molar-refractivity contribution in [2.75, 3.05) is 7.11 Å². The highest BCUT2D eigenvalue weighted by molar-refractivity contribution is 5.90. The summed E-state index contributed by atoms with van der Waals surface area (Å²) in [6.45, 7) is 0. The molecule has 0 aliphatic carbocycles. The molecule has 0 amide bonds. The lowest BCUT2D eigenvalue weighted by molar-refractivity contribution is -0.139. The summed E-state index contributed by atoms with van der Waals surface area (Å²) in [5.41, 5.74) is -0.733. The number of carbonyl (C=O) groups excluding carboxylic acids is 1. The van der Waals surface area contributed by atoms with E-state index >= 15 is 0 Å². The number of hydrogen-bond acceptors (Lipinski definition) is 3. The quantitative estimate of drug-likeness (QED) is 0.627. The highest BCUT2D eigenvalue weighted by Crippen LogP contribution is 2.33. The summed E-state index contributed by atoms with van der Waals surface area (Å²) >= 11 is 0. The van der Waals surface area contributed by atoms with Crippen LogP contribution in [0.1, 0.15) is 15.9 Å². The zero-order valence-corrected chi connectivity index (χ0v) is 10.7. The van der Waals surface area contributed by atoms with Gasteiger partial charge in [0.05, 0.1) is 18.2 Å².